The Hall–Kier alpha value is -1.99. The molecule has 0 aromatic rings. The van der Waals surface area contributed by atoms with Gasteiger partial charge in [0.15, 0.2) is 18.9 Å². The number of ether oxygens (including phenoxy) is 6. The highest BCUT2D eigenvalue weighted by molar-refractivity contribution is 5.76. The van der Waals surface area contributed by atoms with Gasteiger partial charge in [-0.15, -0.1) is 0 Å². The fourth-order valence-electron chi connectivity index (χ4n) is 16.7. The van der Waals surface area contributed by atoms with E-state index in [-0.39, 0.29) is 18.9 Å². The average molecular weight is 1640 g/mol. The maximum atomic E-state index is 13.5. The molecule has 0 bridgehead atoms. The van der Waals surface area contributed by atoms with Crippen molar-refractivity contribution in [1.29, 1.82) is 0 Å². The zero-order valence-corrected chi connectivity index (χ0v) is 73.6. The molecule has 3 aliphatic heterocycles. The first kappa shape index (κ1) is 107. The first-order chi connectivity index (χ1) is 56.3. The monoisotopic (exact) mass is 1640 g/mol. The van der Waals surface area contributed by atoms with Crippen LogP contribution in [0.1, 0.15) is 438 Å². The van der Waals surface area contributed by atoms with Crippen LogP contribution < -0.4 is 5.32 Å². The Labute approximate surface area is 701 Å². The third-order valence-electron chi connectivity index (χ3n) is 24.4. The highest BCUT2D eigenvalue weighted by Crippen LogP contribution is 2.34. The topological polar surface area (TPSA) is 307 Å². The first-order valence-corrected chi connectivity index (χ1v) is 48.7. The van der Waals surface area contributed by atoms with Crippen molar-refractivity contribution in [3.05, 3.63) is 36.5 Å². The lowest BCUT2D eigenvalue weighted by molar-refractivity contribution is -0.379. The van der Waals surface area contributed by atoms with E-state index in [0.717, 1.165) is 44.9 Å². The zero-order valence-electron chi connectivity index (χ0n) is 73.6. The third kappa shape index (κ3) is 53.6. The number of allylic oxidation sites excluding steroid dienone is 5. The summed E-state index contributed by atoms with van der Waals surface area (Å²) >= 11 is 0. The van der Waals surface area contributed by atoms with Crippen LogP contribution in [-0.2, 0) is 33.2 Å². The number of nitrogens with one attached hydrogen (secondary N) is 1. The Bertz CT molecular complexity index is 2210. The van der Waals surface area contributed by atoms with Crippen molar-refractivity contribution in [3.63, 3.8) is 0 Å². The number of hydrogen-bond acceptors (Lipinski definition) is 18. The summed E-state index contributed by atoms with van der Waals surface area (Å²) in [5.74, 6) is -0.280. The van der Waals surface area contributed by atoms with E-state index in [1.807, 2.05) is 6.08 Å². The minimum atomic E-state index is -1.98. The number of carbonyl (C=O) groups is 1. The molecular weight excluding hydrogens is 1460 g/mol. The molecule has 19 heteroatoms. The van der Waals surface area contributed by atoms with E-state index in [1.54, 1.807) is 6.08 Å². The molecule has 19 nitrogen and oxygen atoms in total. The molecule has 3 saturated heterocycles. The van der Waals surface area contributed by atoms with Gasteiger partial charge in [-0.05, 0) is 44.9 Å². The van der Waals surface area contributed by atoms with Crippen LogP contribution in [0.5, 0.6) is 0 Å². The van der Waals surface area contributed by atoms with Crippen LogP contribution in [0.25, 0.3) is 0 Å². The Morgan fingerprint density at radius 1 is 0.304 bits per heavy atom. The summed E-state index contributed by atoms with van der Waals surface area (Å²) in [5, 5.41) is 121. The molecule has 3 aliphatic rings. The van der Waals surface area contributed by atoms with Crippen molar-refractivity contribution in [1.82, 2.24) is 5.32 Å². The molecule has 0 spiro atoms. The van der Waals surface area contributed by atoms with E-state index in [2.05, 4.69) is 43.5 Å². The van der Waals surface area contributed by atoms with Gasteiger partial charge in [0.05, 0.1) is 38.6 Å². The number of unbranched alkanes of at least 4 members (excludes halogenated alkanes) is 61. The quantitative estimate of drug-likeness (QED) is 0.0199. The maximum absolute atomic E-state index is 13.5. The van der Waals surface area contributed by atoms with E-state index >= 15 is 0 Å². The number of carbonyl (C=O) groups excluding carboxylic acids is 1. The number of aliphatic hydroxyl groups excluding tert-OH is 11. The fourth-order valence-corrected chi connectivity index (χ4v) is 16.7. The third-order valence-corrected chi connectivity index (χ3v) is 24.4. The van der Waals surface area contributed by atoms with Gasteiger partial charge in [-0.25, -0.2) is 0 Å². The van der Waals surface area contributed by atoms with Gasteiger partial charge in [-0.3, -0.25) is 4.79 Å². The van der Waals surface area contributed by atoms with Gasteiger partial charge in [0, 0.05) is 6.42 Å². The molecular formula is C96H181NO18. The summed E-state index contributed by atoms with van der Waals surface area (Å²) in [6, 6.07) is -0.998. The summed E-state index contributed by atoms with van der Waals surface area (Å²) in [5.41, 5.74) is 0. The molecule has 0 aliphatic carbocycles. The molecule has 3 heterocycles. The van der Waals surface area contributed by atoms with Crippen molar-refractivity contribution < 1.29 is 89.4 Å². The highest BCUT2D eigenvalue weighted by Gasteiger charge is 2.54. The second-order valence-electron chi connectivity index (χ2n) is 34.9. The van der Waals surface area contributed by atoms with Crippen LogP contribution in [0.15, 0.2) is 36.5 Å². The van der Waals surface area contributed by atoms with E-state index in [1.165, 1.54) is 360 Å². The van der Waals surface area contributed by atoms with Crippen molar-refractivity contribution in [3.8, 4) is 0 Å². The predicted molar refractivity (Wildman–Crippen MR) is 466 cm³/mol. The molecule has 0 saturated carbocycles. The number of hydrogen-bond donors (Lipinski definition) is 12. The second kappa shape index (κ2) is 75.7. The Morgan fingerprint density at radius 3 is 0.870 bits per heavy atom. The van der Waals surface area contributed by atoms with E-state index in [4.69, 9.17) is 28.4 Å². The normalized spacial score (nSPS) is 24.7. The summed E-state index contributed by atoms with van der Waals surface area (Å²) in [6.07, 6.45) is 72.0. The zero-order chi connectivity index (χ0) is 83.1. The summed E-state index contributed by atoms with van der Waals surface area (Å²) < 4.78 is 34.5. The van der Waals surface area contributed by atoms with Gasteiger partial charge >= 0.3 is 0 Å². The van der Waals surface area contributed by atoms with Gasteiger partial charge in [-0.1, -0.05) is 423 Å². The van der Waals surface area contributed by atoms with Gasteiger partial charge in [0.25, 0.3) is 0 Å². The molecule has 678 valence electrons. The average Bonchev–Trinajstić information content (AvgIpc) is 0.779. The Kier molecular flexibility index (Phi) is 70.6. The highest BCUT2D eigenvalue weighted by atomic mass is 16.8. The van der Waals surface area contributed by atoms with Crippen molar-refractivity contribution in [2.45, 2.75) is 542 Å². The molecule has 3 rings (SSSR count). The Balaban J connectivity index is 1.31. The number of amides is 1. The van der Waals surface area contributed by atoms with Crippen molar-refractivity contribution >= 4 is 5.91 Å². The fraction of sp³-hybridized carbons (Fsp3) is 0.927. The smallest absolute Gasteiger partial charge is 0.220 e. The maximum Gasteiger partial charge on any atom is 0.220 e. The standard InChI is InChI=1S/C96H181NO18/c1-3-5-7-9-11-13-15-17-19-21-23-25-27-29-31-33-35-37-38-39-40-42-44-46-48-50-52-54-56-58-60-62-64-66-68-70-72-74-84(102)97-79(80(101)73-71-69-67-65-63-61-59-57-55-53-51-49-47-45-43-41-36-34-32-30-28-26-24-22-20-18-16-14-12-10-8-6-4-2)78-110-94-90(108)87(105)92(82(76-99)112-94)115-96-91(109)88(106)93(83(77-100)113-96)114-95-89(107)86(104)85(103)81(75-98)111-95/h55,57,63,65,71,73,79-83,85-96,98-101,103-109H,3-54,56,58-62,64,66-70,72,74-78H2,1-2H3,(H,97,102)/b57-55+,65-63+,73-71+. The van der Waals surface area contributed by atoms with Crippen molar-refractivity contribution in [2.75, 3.05) is 26.4 Å². The molecule has 0 aromatic carbocycles. The second-order valence-corrected chi connectivity index (χ2v) is 34.9. The SMILES string of the molecule is CCCCCCCCCCCCCCCCCCCCCCCCC/C=C/CC/C=C/CC/C=C/C(O)C(COC1OC(CO)C(OC2OC(CO)C(OC3OC(CO)C(O)C(O)C3O)C(O)C2O)C(O)C1O)NC(=O)CCCCCCCCCCCCCCCCCCCCCCCCCCCCCCCCCCCCCCC. The van der Waals surface area contributed by atoms with Crippen LogP contribution in [0.4, 0.5) is 0 Å². The van der Waals surface area contributed by atoms with Crippen LogP contribution in [0.3, 0.4) is 0 Å². The van der Waals surface area contributed by atoms with Crippen LogP contribution >= 0.6 is 0 Å². The first-order valence-electron chi connectivity index (χ1n) is 48.7. The minimum absolute atomic E-state index is 0.237. The number of rotatable bonds is 81. The summed E-state index contributed by atoms with van der Waals surface area (Å²) in [6.45, 7) is 1.79. The van der Waals surface area contributed by atoms with E-state index < -0.39 is 124 Å². The molecule has 17 atom stereocenters. The largest absolute Gasteiger partial charge is 0.394 e. The van der Waals surface area contributed by atoms with Gasteiger partial charge in [-0.2, -0.15) is 0 Å². The van der Waals surface area contributed by atoms with Crippen LogP contribution in [-0.4, -0.2) is 193 Å². The minimum Gasteiger partial charge on any atom is -0.394 e. The molecule has 0 aromatic heterocycles. The van der Waals surface area contributed by atoms with Crippen LogP contribution in [0.2, 0.25) is 0 Å². The van der Waals surface area contributed by atoms with Gasteiger partial charge < -0.3 is 89.9 Å². The lowest BCUT2D eigenvalue weighted by Crippen LogP contribution is -2.66. The molecule has 1 amide bonds. The molecule has 115 heavy (non-hydrogen) atoms. The molecule has 0 radical (unpaired) electrons. The predicted octanol–water partition coefficient (Wildman–Crippen LogP) is 19.8. The summed E-state index contributed by atoms with van der Waals surface area (Å²) in [7, 11) is 0. The molecule has 17 unspecified atom stereocenters. The molecule has 12 N–H and O–H groups in total. The van der Waals surface area contributed by atoms with Crippen molar-refractivity contribution in [2.24, 2.45) is 0 Å². The molecule has 3 fully saturated rings. The lowest BCUT2D eigenvalue weighted by atomic mass is 9.96. The van der Waals surface area contributed by atoms with Gasteiger partial charge in [0.1, 0.15) is 73.2 Å². The van der Waals surface area contributed by atoms with Gasteiger partial charge in [0.2, 0.25) is 5.91 Å². The summed E-state index contributed by atoms with van der Waals surface area (Å²) in [4.78, 5) is 13.5. The van der Waals surface area contributed by atoms with Crippen LogP contribution in [0, 0.1) is 0 Å². The van der Waals surface area contributed by atoms with E-state index in [9.17, 15) is 61.0 Å². The Morgan fingerprint density at radius 2 is 0.557 bits per heavy atom. The number of aliphatic hydroxyl groups is 11. The lowest BCUT2D eigenvalue weighted by Gasteiger charge is -2.48. The van der Waals surface area contributed by atoms with E-state index in [0.29, 0.717) is 12.8 Å².